The van der Waals surface area contributed by atoms with Crippen molar-refractivity contribution < 1.29 is 19.4 Å². The highest BCUT2D eigenvalue weighted by Crippen LogP contribution is 2.51. The molecule has 0 radical (unpaired) electrons. The van der Waals surface area contributed by atoms with Crippen LogP contribution in [0, 0.1) is 0 Å². The van der Waals surface area contributed by atoms with E-state index in [2.05, 4.69) is 6.92 Å². The number of hydrogen-bond acceptors (Lipinski definition) is 5. The Morgan fingerprint density at radius 2 is 1.31 bits per heavy atom. The minimum absolute atomic E-state index is 0.0379. The van der Waals surface area contributed by atoms with Crippen LogP contribution in [0.3, 0.4) is 0 Å². The highest BCUT2D eigenvalue weighted by Gasteiger charge is 2.24. The summed E-state index contributed by atoms with van der Waals surface area (Å²) in [5, 5.41) is 10.9. The van der Waals surface area contributed by atoms with Gasteiger partial charge in [-0.05, 0) is 17.5 Å². The topological polar surface area (TPSA) is 55.8 Å². The lowest BCUT2D eigenvalue weighted by Crippen LogP contribution is -2.11. The Balaban J connectivity index is 1.60. The van der Waals surface area contributed by atoms with Crippen molar-refractivity contribution in [2.45, 2.75) is 58.3 Å². The lowest BCUT2D eigenvalue weighted by molar-refractivity contribution is 0.0966. The monoisotopic (exact) mass is 452 g/mol. The van der Waals surface area contributed by atoms with E-state index in [9.17, 15) is 9.90 Å². The smallest absolute Gasteiger partial charge is 0.503 e. The molecule has 3 rings (SSSR count). The second-order valence-corrected chi connectivity index (χ2v) is 8.87. The Kier molecular flexibility index (Phi) is 9.63. The van der Waals surface area contributed by atoms with Crippen molar-refractivity contribution in [3.8, 4) is 32.4 Å². The fourth-order valence-corrected chi connectivity index (χ4v) is 4.70. The second kappa shape index (κ2) is 12.9. The Hall–Kier alpha value is -2.79. The fraction of sp³-hybridized carbons (Fsp3) is 0.370. The van der Waals surface area contributed by atoms with E-state index in [0.717, 1.165) is 30.4 Å². The molecule has 0 saturated carbocycles. The Morgan fingerprint density at radius 3 is 1.91 bits per heavy atom. The van der Waals surface area contributed by atoms with Crippen LogP contribution in [-0.4, -0.2) is 17.9 Å². The summed E-state index contributed by atoms with van der Waals surface area (Å²) < 4.78 is 10.8. The summed E-state index contributed by atoms with van der Waals surface area (Å²) in [5.74, 6) is 0.116. The molecular formula is C27H32O4S. The molecule has 0 amide bonds. The third-order valence-electron chi connectivity index (χ3n) is 5.32. The maximum absolute atomic E-state index is 12.4. The standard InChI is InChI=1S/C27H32O4S/c1-2-3-4-5-6-7-8-15-20-30-27(29)31-24-23(28)25(21-16-11-9-12-17-21)32-26(24)22-18-13-10-14-19-22/h9-14,16-19,28H,2-8,15,20H2,1H3. The molecule has 1 heterocycles. The summed E-state index contributed by atoms with van der Waals surface area (Å²) in [6.07, 6.45) is 8.62. The van der Waals surface area contributed by atoms with Gasteiger partial charge in [0.25, 0.3) is 0 Å². The average Bonchev–Trinajstić information content (AvgIpc) is 3.15. The van der Waals surface area contributed by atoms with Crippen molar-refractivity contribution in [1.29, 1.82) is 0 Å². The van der Waals surface area contributed by atoms with Crippen LogP contribution in [0.1, 0.15) is 58.3 Å². The van der Waals surface area contributed by atoms with Gasteiger partial charge in [0.05, 0.1) is 16.4 Å². The Labute approximate surface area is 194 Å². The molecule has 4 nitrogen and oxygen atoms in total. The van der Waals surface area contributed by atoms with Crippen molar-refractivity contribution in [3.63, 3.8) is 0 Å². The molecule has 32 heavy (non-hydrogen) atoms. The van der Waals surface area contributed by atoms with Crippen LogP contribution in [0.15, 0.2) is 60.7 Å². The average molecular weight is 453 g/mol. The quantitative estimate of drug-likeness (QED) is 0.221. The minimum Gasteiger partial charge on any atom is -0.503 e. The van der Waals surface area contributed by atoms with E-state index in [1.165, 1.54) is 43.4 Å². The third-order valence-corrected chi connectivity index (χ3v) is 6.57. The Bertz CT molecular complexity index is 951. The van der Waals surface area contributed by atoms with Crippen LogP contribution in [0.5, 0.6) is 11.5 Å². The van der Waals surface area contributed by atoms with Gasteiger partial charge < -0.3 is 14.6 Å². The van der Waals surface area contributed by atoms with Crippen molar-refractivity contribution in [1.82, 2.24) is 0 Å². The van der Waals surface area contributed by atoms with E-state index in [1.54, 1.807) is 0 Å². The molecule has 3 aromatic rings. The SMILES string of the molecule is CCCCCCCCCCOC(=O)Oc1c(-c2ccccc2)sc(-c2ccccc2)c1O. The maximum Gasteiger partial charge on any atom is 0.514 e. The molecule has 1 aromatic heterocycles. The summed E-state index contributed by atoms with van der Waals surface area (Å²) in [4.78, 5) is 13.7. The van der Waals surface area contributed by atoms with Gasteiger partial charge in [0.15, 0.2) is 11.5 Å². The first-order valence-electron chi connectivity index (χ1n) is 11.5. The molecule has 0 unspecified atom stereocenters. The number of hydrogen-bond donors (Lipinski definition) is 1. The third kappa shape index (κ3) is 6.86. The molecule has 2 aromatic carbocycles. The molecule has 0 aliphatic rings. The van der Waals surface area contributed by atoms with Gasteiger partial charge in [0.1, 0.15) is 0 Å². The van der Waals surface area contributed by atoms with Gasteiger partial charge in [0, 0.05) is 0 Å². The van der Waals surface area contributed by atoms with E-state index in [0.29, 0.717) is 16.4 Å². The van der Waals surface area contributed by atoms with Crippen molar-refractivity contribution >= 4 is 17.5 Å². The van der Waals surface area contributed by atoms with E-state index in [1.807, 2.05) is 60.7 Å². The van der Waals surface area contributed by atoms with Crippen LogP contribution >= 0.6 is 11.3 Å². The summed E-state index contributed by atoms with van der Waals surface area (Å²) in [6.45, 7) is 2.54. The van der Waals surface area contributed by atoms with Gasteiger partial charge >= 0.3 is 6.16 Å². The predicted octanol–water partition coefficient (Wildman–Crippen LogP) is 8.44. The van der Waals surface area contributed by atoms with Crippen LogP contribution < -0.4 is 4.74 Å². The second-order valence-electron chi connectivity index (χ2n) is 7.85. The van der Waals surface area contributed by atoms with Gasteiger partial charge in [-0.1, -0.05) is 113 Å². The van der Waals surface area contributed by atoms with Gasteiger partial charge in [-0.3, -0.25) is 0 Å². The number of carbonyl (C=O) groups excluding carboxylic acids is 1. The summed E-state index contributed by atoms with van der Waals surface area (Å²) in [6, 6.07) is 19.2. The molecule has 170 valence electrons. The molecule has 0 atom stereocenters. The van der Waals surface area contributed by atoms with Crippen molar-refractivity contribution in [3.05, 3.63) is 60.7 Å². The van der Waals surface area contributed by atoms with Gasteiger partial charge in [-0.25, -0.2) is 4.79 Å². The number of benzene rings is 2. The maximum atomic E-state index is 12.4. The number of thiophene rings is 1. The summed E-state index contributed by atoms with van der Waals surface area (Å²) in [5.41, 5.74) is 1.75. The molecule has 5 heteroatoms. The van der Waals surface area contributed by atoms with E-state index < -0.39 is 6.16 Å². The number of aromatic hydroxyl groups is 1. The first-order valence-corrected chi connectivity index (χ1v) is 12.3. The molecule has 0 saturated heterocycles. The number of unbranched alkanes of at least 4 members (excludes halogenated alkanes) is 7. The van der Waals surface area contributed by atoms with E-state index in [4.69, 9.17) is 9.47 Å². The molecule has 0 spiro atoms. The first kappa shape index (κ1) is 23.9. The van der Waals surface area contributed by atoms with Crippen molar-refractivity contribution in [2.75, 3.05) is 6.61 Å². The summed E-state index contributed by atoms with van der Waals surface area (Å²) >= 11 is 1.39. The number of carbonyl (C=O) groups is 1. The number of ether oxygens (including phenoxy) is 2. The minimum atomic E-state index is -0.780. The zero-order valence-corrected chi connectivity index (χ0v) is 19.5. The molecule has 0 aliphatic heterocycles. The predicted molar refractivity (Wildman–Crippen MR) is 131 cm³/mol. The Morgan fingerprint density at radius 1 is 0.781 bits per heavy atom. The normalized spacial score (nSPS) is 10.8. The summed E-state index contributed by atoms with van der Waals surface area (Å²) in [7, 11) is 0. The fourth-order valence-electron chi connectivity index (χ4n) is 3.57. The van der Waals surface area contributed by atoms with Gasteiger partial charge in [-0.2, -0.15) is 0 Å². The van der Waals surface area contributed by atoms with E-state index >= 15 is 0 Å². The molecular weight excluding hydrogens is 420 g/mol. The molecule has 0 fully saturated rings. The lowest BCUT2D eigenvalue weighted by atomic mass is 10.1. The highest BCUT2D eigenvalue weighted by atomic mass is 32.1. The van der Waals surface area contributed by atoms with Crippen LogP contribution in [0.2, 0.25) is 0 Å². The van der Waals surface area contributed by atoms with Crippen LogP contribution in [0.4, 0.5) is 4.79 Å². The van der Waals surface area contributed by atoms with Crippen LogP contribution in [0.25, 0.3) is 20.9 Å². The molecule has 0 bridgehead atoms. The molecule has 1 N–H and O–H groups in total. The zero-order chi connectivity index (χ0) is 22.6. The zero-order valence-electron chi connectivity index (χ0n) is 18.7. The highest BCUT2D eigenvalue weighted by molar-refractivity contribution is 7.19. The number of rotatable bonds is 12. The van der Waals surface area contributed by atoms with E-state index in [-0.39, 0.29) is 11.5 Å². The largest absolute Gasteiger partial charge is 0.514 e. The molecule has 0 aliphatic carbocycles. The van der Waals surface area contributed by atoms with Crippen molar-refractivity contribution in [2.24, 2.45) is 0 Å². The van der Waals surface area contributed by atoms with Gasteiger partial charge in [-0.15, -0.1) is 11.3 Å². The van der Waals surface area contributed by atoms with Crippen LogP contribution in [-0.2, 0) is 4.74 Å². The lowest BCUT2D eigenvalue weighted by Gasteiger charge is -2.08. The van der Waals surface area contributed by atoms with Gasteiger partial charge in [0.2, 0.25) is 0 Å². The first-order chi connectivity index (χ1) is 15.7.